The summed E-state index contributed by atoms with van der Waals surface area (Å²) < 4.78 is 0. The first kappa shape index (κ1) is 15.2. The molecule has 4 heteroatoms. The van der Waals surface area contributed by atoms with Crippen LogP contribution in [0.1, 0.15) is 50.8 Å². The van der Waals surface area contributed by atoms with E-state index in [4.69, 9.17) is 0 Å². The zero-order valence-corrected chi connectivity index (χ0v) is 13.2. The molecule has 0 fully saturated rings. The summed E-state index contributed by atoms with van der Waals surface area (Å²) in [5, 5.41) is 3.52. The van der Waals surface area contributed by atoms with E-state index in [1.807, 2.05) is 0 Å². The van der Waals surface area contributed by atoms with Crippen LogP contribution in [0, 0.1) is 0 Å². The number of hydrogen-bond donors (Lipinski definition) is 1. The summed E-state index contributed by atoms with van der Waals surface area (Å²) in [7, 11) is 2.19. The number of likely N-dealkylation sites (N-methyl/N-ethyl adjacent to an activating group) is 1. The van der Waals surface area contributed by atoms with Crippen molar-refractivity contribution in [3.8, 4) is 0 Å². The van der Waals surface area contributed by atoms with Crippen LogP contribution in [-0.2, 0) is 12.8 Å². The van der Waals surface area contributed by atoms with Crippen LogP contribution in [0.2, 0.25) is 0 Å². The molecule has 0 radical (unpaired) electrons. The Bertz CT molecular complexity index is 419. The highest BCUT2D eigenvalue weighted by Gasteiger charge is 2.14. The SMILES string of the molecule is CCC(C)N(C)CCNc1ncnc2c1CCCCC2. The molecule has 2 rings (SSSR count). The molecule has 1 aliphatic rings. The van der Waals surface area contributed by atoms with Crippen molar-refractivity contribution in [1.29, 1.82) is 0 Å². The van der Waals surface area contributed by atoms with E-state index in [9.17, 15) is 0 Å². The molecule has 0 aromatic carbocycles. The number of nitrogens with zero attached hydrogens (tertiary/aromatic N) is 3. The van der Waals surface area contributed by atoms with Crippen LogP contribution in [0.4, 0.5) is 5.82 Å². The van der Waals surface area contributed by atoms with E-state index in [0.29, 0.717) is 6.04 Å². The minimum Gasteiger partial charge on any atom is -0.368 e. The van der Waals surface area contributed by atoms with Crippen molar-refractivity contribution in [2.45, 2.75) is 58.4 Å². The van der Waals surface area contributed by atoms with E-state index < -0.39 is 0 Å². The van der Waals surface area contributed by atoms with E-state index in [1.165, 1.54) is 36.9 Å². The minimum absolute atomic E-state index is 0.638. The molecule has 0 bridgehead atoms. The molecule has 4 nitrogen and oxygen atoms in total. The average Bonchev–Trinajstić information content (AvgIpc) is 2.72. The van der Waals surface area contributed by atoms with Crippen molar-refractivity contribution in [3.63, 3.8) is 0 Å². The van der Waals surface area contributed by atoms with Crippen LogP contribution in [0.25, 0.3) is 0 Å². The normalized spacial score (nSPS) is 16.6. The fourth-order valence-corrected chi connectivity index (χ4v) is 2.73. The molecule has 1 aromatic heterocycles. The predicted molar refractivity (Wildman–Crippen MR) is 84.2 cm³/mol. The Morgan fingerprint density at radius 1 is 1.25 bits per heavy atom. The van der Waals surface area contributed by atoms with Gasteiger partial charge in [0.15, 0.2) is 0 Å². The molecule has 1 unspecified atom stereocenters. The van der Waals surface area contributed by atoms with Gasteiger partial charge < -0.3 is 10.2 Å². The van der Waals surface area contributed by atoms with Gasteiger partial charge in [-0.2, -0.15) is 0 Å². The van der Waals surface area contributed by atoms with Crippen molar-refractivity contribution in [2.75, 3.05) is 25.5 Å². The maximum atomic E-state index is 4.46. The first-order chi connectivity index (χ1) is 9.72. The monoisotopic (exact) mass is 276 g/mol. The second-order valence-electron chi connectivity index (χ2n) is 5.87. The van der Waals surface area contributed by atoms with Gasteiger partial charge in [0.2, 0.25) is 0 Å². The van der Waals surface area contributed by atoms with Gasteiger partial charge in [0.1, 0.15) is 12.1 Å². The van der Waals surface area contributed by atoms with Crippen LogP contribution in [0.5, 0.6) is 0 Å². The molecule has 0 aliphatic heterocycles. The fourth-order valence-electron chi connectivity index (χ4n) is 2.73. The Morgan fingerprint density at radius 3 is 2.85 bits per heavy atom. The topological polar surface area (TPSA) is 41.0 Å². The Hall–Kier alpha value is -1.16. The quantitative estimate of drug-likeness (QED) is 0.811. The Morgan fingerprint density at radius 2 is 2.05 bits per heavy atom. The summed E-state index contributed by atoms with van der Waals surface area (Å²) >= 11 is 0. The lowest BCUT2D eigenvalue weighted by molar-refractivity contribution is 0.261. The van der Waals surface area contributed by atoms with Gasteiger partial charge in [-0.15, -0.1) is 0 Å². The molecule has 1 heterocycles. The van der Waals surface area contributed by atoms with Gasteiger partial charge in [-0.05, 0) is 46.1 Å². The number of nitrogens with one attached hydrogen (secondary N) is 1. The molecule has 1 N–H and O–H groups in total. The van der Waals surface area contributed by atoms with Gasteiger partial charge in [0.25, 0.3) is 0 Å². The van der Waals surface area contributed by atoms with Gasteiger partial charge in [0, 0.05) is 30.4 Å². The summed E-state index contributed by atoms with van der Waals surface area (Å²) in [5.74, 6) is 1.06. The van der Waals surface area contributed by atoms with Crippen molar-refractivity contribution in [3.05, 3.63) is 17.6 Å². The molecule has 0 saturated heterocycles. The van der Waals surface area contributed by atoms with Crippen LogP contribution >= 0.6 is 0 Å². The van der Waals surface area contributed by atoms with Crippen LogP contribution in [0.15, 0.2) is 6.33 Å². The smallest absolute Gasteiger partial charge is 0.132 e. The van der Waals surface area contributed by atoms with Crippen molar-refractivity contribution >= 4 is 5.82 Å². The number of fused-ring (bicyclic) bond motifs is 1. The molecule has 1 aromatic rings. The highest BCUT2D eigenvalue weighted by atomic mass is 15.1. The molecule has 0 amide bonds. The van der Waals surface area contributed by atoms with Gasteiger partial charge in [0.05, 0.1) is 0 Å². The number of anilines is 1. The third kappa shape index (κ3) is 3.92. The van der Waals surface area contributed by atoms with Crippen molar-refractivity contribution in [1.82, 2.24) is 14.9 Å². The molecule has 112 valence electrons. The highest BCUT2D eigenvalue weighted by Crippen LogP contribution is 2.23. The Balaban J connectivity index is 1.93. The standard InChI is InChI=1S/C16H28N4/c1-4-13(2)20(3)11-10-17-16-14-8-6-5-7-9-15(14)18-12-19-16/h12-13H,4-11H2,1-3H3,(H,17,18,19). The lowest BCUT2D eigenvalue weighted by Crippen LogP contribution is -2.33. The van der Waals surface area contributed by atoms with Crippen LogP contribution < -0.4 is 5.32 Å². The number of aromatic nitrogens is 2. The van der Waals surface area contributed by atoms with Crippen LogP contribution in [-0.4, -0.2) is 41.0 Å². The third-order valence-electron chi connectivity index (χ3n) is 4.48. The second-order valence-corrected chi connectivity index (χ2v) is 5.87. The minimum atomic E-state index is 0.638. The van der Waals surface area contributed by atoms with Crippen molar-refractivity contribution in [2.24, 2.45) is 0 Å². The summed E-state index contributed by atoms with van der Waals surface area (Å²) in [6.45, 7) is 6.51. The van der Waals surface area contributed by atoms with Crippen LogP contribution in [0.3, 0.4) is 0 Å². The lowest BCUT2D eigenvalue weighted by Gasteiger charge is -2.23. The molecule has 0 saturated carbocycles. The summed E-state index contributed by atoms with van der Waals surface area (Å²) in [5.41, 5.74) is 2.62. The van der Waals surface area contributed by atoms with E-state index in [2.05, 4.69) is 41.1 Å². The summed E-state index contributed by atoms with van der Waals surface area (Å²) in [4.78, 5) is 11.3. The maximum Gasteiger partial charge on any atom is 0.132 e. The van der Waals surface area contributed by atoms with Gasteiger partial charge in [-0.3, -0.25) is 0 Å². The number of aryl methyl sites for hydroxylation is 1. The molecule has 1 aliphatic carbocycles. The largest absolute Gasteiger partial charge is 0.368 e. The molecular weight excluding hydrogens is 248 g/mol. The maximum absolute atomic E-state index is 4.46. The first-order valence-corrected chi connectivity index (χ1v) is 7.99. The molecular formula is C16H28N4. The molecule has 1 atom stereocenters. The molecule has 20 heavy (non-hydrogen) atoms. The first-order valence-electron chi connectivity index (χ1n) is 7.99. The van der Waals surface area contributed by atoms with E-state index in [0.717, 1.165) is 31.7 Å². The summed E-state index contributed by atoms with van der Waals surface area (Å²) in [6.07, 6.45) is 8.98. The number of rotatable bonds is 6. The molecule has 0 spiro atoms. The lowest BCUT2D eigenvalue weighted by atomic mass is 10.1. The van der Waals surface area contributed by atoms with Gasteiger partial charge >= 0.3 is 0 Å². The predicted octanol–water partition coefficient (Wildman–Crippen LogP) is 2.89. The average molecular weight is 276 g/mol. The van der Waals surface area contributed by atoms with E-state index in [1.54, 1.807) is 6.33 Å². The van der Waals surface area contributed by atoms with Crippen molar-refractivity contribution < 1.29 is 0 Å². The highest BCUT2D eigenvalue weighted by molar-refractivity contribution is 5.46. The van der Waals surface area contributed by atoms with Gasteiger partial charge in [-0.25, -0.2) is 9.97 Å². The van der Waals surface area contributed by atoms with E-state index >= 15 is 0 Å². The third-order valence-corrected chi connectivity index (χ3v) is 4.48. The Labute approximate surface area is 123 Å². The second kappa shape index (κ2) is 7.58. The Kier molecular flexibility index (Phi) is 5.77. The van der Waals surface area contributed by atoms with Gasteiger partial charge in [-0.1, -0.05) is 13.3 Å². The zero-order valence-electron chi connectivity index (χ0n) is 13.2. The zero-order chi connectivity index (χ0) is 14.4. The summed E-state index contributed by atoms with van der Waals surface area (Å²) in [6, 6.07) is 0.638. The fraction of sp³-hybridized carbons (Fsp3) is 0.750. The van der Waals surface area contributed by atoms with E-state index in [-0.39, 0.29) is 0 Å². The number of hydrogen-bond acceptors (Lipinski definition) is 4.